The summed E-state index contributed by atoms with van der Waals surface area (Å²) in [6.07, 6.45) is 2.92. The van der Waals surface area contributed by atoms with Gasteiger partial charge in [-0.3, -0.25) is 4.98 Å². The highest BCUT2D eigenvalue weighted by atomic mass is 19.1. The molecule has 0 amide bonds. The Kier molecular flexibility index (Phi) is 3.50. The van der Waals surface area contributed by atoms with Crippen molar-refractivity contribution in [1.82, 2.24) is 19.6 Å². The van der Waals surface area contributed by atoms with Crippen LogP contribution in [0.4, 0.5) is 14.7 Å². The molecule has 0 fully saturated rings. The van der Waals surface area contributed by atoms with E-state index in [0.29, 0.717) is 11.4 Å². The molecule has 3 aromatic rings. The molecule has 23 heavy (non-hydrogen) atoms. The van der Waals surface area contributed by atoms with Crippen molar-refractivity contribution in [3.05, 3.63) is 42.0 Å². The lowest BCUT2D eigenvalue weighted by Gasteiger charge is -2.23. The second-order valence-electron chi connectivity index (χ2n) is 6.05. The van der Waals surface area contributed by atoms with Gasteiger partial charge in [-0.2, -0.15) is 0 Å². The number of anilines is 1. The van der Waals surface area contributed by atoms with E-state index in [-0.39, 0.29) is 17.4 Å². The third-order valence-electron chi connectivity index (χ3n) is 4.06. The minimum absolute atomic E-state index is 0.0405. The predicted molar refractivity (Wildman–Crippen MR) is 84.2 cm³/mol. The van der Waals surface area contributed by atoms with Gasteiger partial charge in [0, 0.05) is 18.2 Å². The molecule has 5 nitrogen and oxygen atoms in total. The van der Waals surface area contributed by atoms with Crippen LogP contribution in [0.1, 0.15) is 32.3 Å². The van der Waals surface area contributed by atoms with Gasteiger partial charge in [-0.1, -0.05) is 13.0 Å². The lowest BCUT2D eigenvalue weighted by Crippen LogP contribution is -2.21. The molecule has 0 spiro atoms. The molecule has 2 N–H and O–H groups in total. The van der Waals surface area contributed by atoms with E-state index in [2.05, 4.69) is 15.1 Å². The van der Waals surface area contributed by atoms with Crippen LogP contribution in [0, 0.1) is 5.82 Å². The molecule has 0 aliphatic rings. The number of halogens is 2. The van der Waals surface area contributed by atoms with Crippen LogP contribution < -0.4 is 5.73 Å². The summed E-state index contributed by atoms with van der Waals surface area (Å²) in [7, 11) is 0. The predicted octanol–water partition coefficient (Wildman–Crippen LogP) is 3.36. The van der Waals surface area contributed by atoms with Gasteiger partial charge < -0.3 is 5.73 Å². The Labute approximate surface area is 132 Å². The van der Waals surface area contributed by atoms with E-state index in [9.17, 15) is 8.78 Å². The quantitative estimate of drug-likeness (QED) is 0.804. The summed E-state index contributed by atoms with van der Waals surface area (Å²) in [5.74, 6) is -0.717. The number of nitrogens with two attached hydrogens (primary N) is 1. The maximum absolute atomic E-state index is 14.0. The maximum atomic E-state index is 14.0. The molecule has 0 radical (unpaired) electrons. The topological polar surface area (TPSA) is 69.1 Å². The van der Waals surface area contributed by atoms with Gasteiger partial charge in [-0.15, -0.1) is 5.10 Å². The molecule has 0 aromatic carbocycles. The van der Waals surface area contributed by atoms with Gasteiger partial charge in [-0.25, -0.2) is 18.3 Å². The second kappa shape index (κ2) is 5.26. The van der Waals surface area contributed by atoms with Crippen LogP contribution in [0.25, 0.3) is 16.9 Å². The summed E-state index contributed by atoms with van der Waals surface area (Å²) in [5.41, 5.74) is 6.20. The van der Waals surface area contributed by atoms with Crippen LogP contribution in [0.5, 0.6) is 0 Å². The lowest BCUT2D eigenvalue weighted by molar-refractivity contribution is 0.180. The van der Waals surface area contributed by atoms with E-state index >= 15 is 0 Å². The van der Waals surface area contributed by atoms with Crippen LogP contribution >= 0.6 is 0 Å². The summed E-state index contributed by atoms with van der Waals surface area (Å²) >= 11 is 0. The minimum atomic E-state index is -1.35. The first-order valence-electron chi connectivity index (χ1n) is 7.22. The molecule has 0 saturated heterocycles. The Morgan fingerprint density at radius 2 is 1.96 bits per heavy atom. The standard InChI is InChI=1S/C16H17F2N5/c1-9(16(2,3)18)10-4-5-12(20-7-10)13-6-11(17)14-8-21-15(19)22-23(13)14/h4-9H,1-3H3,(H2,19,22). The van der Waals surface area contributed by atoms with E-state index in [1.807, 2.05) is 0 Å². The highest BCUT2D eigenvalue weighted by Crippen LogP contribution is 2.31. The van der Waals surface area contributed by atoms with Crippen molar-refractivity contribution in [1.29, 1.82) is 0 Å². The van der Waals surface area contributed by atoms with Crippen molar-refractivity contribution in [3.63, 3.8) is 0 Å². The van der Waals surface area contributed by atoms with Gasteiger partial charge in [0.15, 0.2) is 5.82 Å². The number of alkyl halides is 1. The van der Waals surface area contributed by atoms with E-state index in [0.717, 1.165) is 5.56 Å². The maximum Gasteiger partial charge on any atom is 0.238 e. The molecule has 0 saturated carbocycles. The fraction of sp³-hybridized carbons (Fsp3) is 0.312. The first-order chi connectivity index (χ1) is 10.8. The molecular weight excluding hydrogens is 300 g/mol. The zero-order valence-corrected chi connectivity index (χ0v) is 13.1. The average Bonchev–Trinajstić information content (AvgIpc) is 2.82. The lowest BCUT2D eigenvalue weighted by atomic mass is 9.89. The van der Waals surface area contributed by atoms with Gasteiger partial charge in [-0.05, 0) is 25.5 Å². The SMILES string of the molecule is CC(c1ccc(-c2cc(F)c3cnc(N)nn23)nc1)C(C)(C)F. The van der Waals surface area contributed by atoms with Crippen molar-refractivity contribution in [3.8, 4) is 11.4 Å². The van der Waals surface area contributed by atoms with Gasteiger partial charge in [0.25, 0.3) is 0 Å². The third kappa shape index (κ3) is 2.74. The molecule has 7 heteroatoms. The number of hydrogen-bond donors (Lipinski definition) is 1. The average molecular weight is 317 g/mol. The number of pyridine rings is 1. The van der Waals surface area contributed by atoms with Gasteiger partial charge >= 0.3 is 0 Å². The smallest absolute Gasteiger partial charge is 0.238 e. The fourth-order valence-electron chi connectivity index (χ4n) is 2.36. The molecule has 0 aliphatic carbocycles. The normalized spacial score (nSPS) is 13.4. The molecule has 1 unspecified atom stereocenters. The Bertz CT molecular complexity index is 849. The molecule has 120 valence electrons. The van der Waals surface area contributed by atoms with E-state index in [1.165, 1.54) is 30.6 Å². The molecule has 0 aliphatic heterocycles. The van der Waals surface area contributed by atoms with Crippen LogP contribution in [0.3, 0.4) is 0 Å². The molecule has 3 aromatic heterocycles. The summed E-state index contributed by atoms with van der Waals surface area (Å²) < 4.78 is 29.4. The largest absolute Gasteiger partial charge is 0.367 e. The number of nitrogens with zero attached hydrogens (tertiary/aromatic N) is 4. The van der Waals surface area contributed by atoms with Crippen molar-refractivity contribution in [2.24, 2.45) is 0 Å². The summed E-state index contributed by atoms with van der Waals surface area (Å²) in [6.45, 7) is 4.86. The molecule has 3 rings (SSSR count). The van der Waals surface area contributed by atoms with Crippen molar-refractivity contribution in [2.75, 3.05) is 5.73 Å². The Hall–Kier alpha value is -2.57. The zero-order chi connectivity index (χ0) is 16.8. The minimum Gasteiger partial charge on any atom is -0.367 e. The second-order valence-corrected chi connectivity index (χ2v) is 6.05. The van der Waals surface area contributed by atoms with Crippen LogP contribution in [-0.2, 0) is 0 Å². The first-order valence-corrected chi connectivity index (χ1v) is 7.22. The molecule has 1 atom stereocenters. The highest BCUT2D eigenvalue weighted by molar-refractivity contribution is 5.64. The van der Waals surface area contributed by atoms with Crippen molar-refractivity contribution >= 4 is 11.5 Å². The Morgan fingerprint density at radius 1 is 1.22 bits per heavy atom. The first kappa shape index (κ1) is 15.3. The number of nitrogen functional groups attached to an aromatic ring is 1. The molecular formula is C16H17F2N5. The van der Waals surface area contributed by atoms with E-state index < -0.39 is 11.5 Å². The van der Waals surface area contributed by atoms with Gasteiger partial charge in [0.2, 0.25) is 5.95 Å². The molecule has 3 heterocycles. The number of fused-ring (bicyclic) bond motifs is 1. The van der Waals surface area contributed by atoms with Gasteiger partial charge in [0.1, 0.15) is 11.2 Å². The molecule has 0 bridgehead atoms. The third-order valence-corrected chi connectivity index (χ3v) is 4.06. The van der Waals surface area contributed by atoms with E-state index in [1.54, 1.807) is 25.3 Å². The number of aromatic nitrogens is 4. The monoisotopic (exact) mass is 317 g/mol. The summed E-state index contributed by atoms with van der Waals surface area (Å²) in [4.78, 5) is 8.10. The number of rotatable bonds is 3. The van der Waals surface area contributed by atoms with Crippen LogP contribution in [-0.4, -0.2) is 25.3 Å². The van der Waals surface area contributed by atoms with Crippen LogP contribution in [0.15, 0.2) is 30.6 Å². The Balaban J connectivity index is 2.05. The Morgan fingerprint density at radius 3 is 2.57 bits per heavy atom. The summed E-state index contributed by atoms with van der Waals surface area (Å²) in [6, 6.07) is 4.83. The summed E-state index contributed by atoms with van der Waals surface area (Å²) in [5, 5.41) is 4.01. The fourth-order valence-corrected chi connectivity index (χ4v) is 2.36. The van der Waals surface area contributed by atoms with Crippen LogP contribution in [0.2, 0.25) is 0 Å². The number of hydrogen-bond acceptors (Lipinski definition) is 4. The van der Waals surface area contributed by atoms with Gasteiger partial charge in [0.05, 0.1) is 17.6 Å². The van der Waals surface area contributed by atoms with E-state index in [4.69, 9.17) is 5.73 Å². The van der Waals surface area contributed by atoms with Crippen molar-refractivity contribution < 1.29 is 8.78 Å². The van der Waals surface area contributed by atoms with Crippen molar-refractivity contribution in [2.45, 2.75) is 32.4 Å². The highest BCUT2D eigenvalue weighted by Gasteiger charge is 2.26. The zero-order valence-electron chi connectivity index (χ0n) is 13.1.